The van der Waals surface area contributed by atoms with Crippen LogP contribution >= 0.6 is 0 Å². The van der Waals surface area contributed by atoms with Gasteiger partial charge in [0.15, 0.2) is 11.2 Å². The van der Waals surface area contributed by atoms with Gasteiger partial charge in [-0.15, -0.1) is 0 Å². The first-order chi connectivity index (χ1) is 16.2. The van der Waals surface area contributed by atoms with Gasteiger partial charge in [-0.05, 0) is 83.5 Å². The number of aromatic nitrogens is 2. The minimum Gasteiger partial charge on any atom is -0.455 e. The first-order valence-corrected chi connectivity index (χ1v) is 12.8. The van der Waals surface area contributed by atoms with Gasteiger partial charge in [0.2, 0.25) is 0 Å². The maximum atomic E-state index is 6.95. The Morgan fingerprint density at radius 2 is 1.79 bits per heavy atom. The van der Waals surface area contributed by atoms with Crippen molar-refractivity contribution in [3.63, 3.8) is 0 Å². The van der Waals surface area contributed by atoms with E-state index in [4.69, 9.17) is 9.72 Å². The lowest BCUT2D eigenvalue weighted by Crippen LogP contribution is -2.33. The first kappa shape index (κ1) is 21.6. The van der Waals surface area contributed by atoms with Crippen molar-refractivity contribution in [2.45, 2.75) is 72.6 Å². The summed E-state index contributed by atoms with van der Waals surface area (Å²) in [7, 11) is 2.12. The molecule has 3 aromatic carbocycles. The Balaban J connectivity index is 1.71. The molecule has 1 fully saturated rings. The van der Waals surface area contributed by atoms with Crippen LogP contribution in [0.25, 0.3) is 32.9 Å². The van der Waals surface area contributed by atoms with E-state index in [1.54, 1.807) is 0 Å². The molecule has 0 spiro atoms. The van der Waals surface area contributed by atoms with Crippen molar-refractivity contribution in [1.29, 1.82) is 0 Å². The number of nitrogens with zero attached hydrogens (tertiary/aromatic N) is 2. The van der Waals surface area contributed by atoms with Crippen molar-refractivity contribution in [2.75, 3.05) is 0 Å². The summed E-state index contributed by atoms with van der Waals surface area (Å²) in [5.74, 6) is 2.65. The Labute approximate surface area is 202 Å². The van der Waals surface area contributed by atoms with Gasteiger partial charge in [0.25, 0.3) is 6.33 Å². The molecule has 1 aromatic heterocycles. The Bertz CT molecular complexity index is 1470. The summed E-state index contributed by atoms with van der Waals surface area (Å²) < 4.78 is 9.14. The first-order valence-electron chi connectivity index (χ1n) is 12.8. The molecule has 0 amide bonds. The van der Waals surface area contributed by atoms with Gasteiger partial charge in [0, 0.05) is 5.56 Å². The van der Waals surface area contributed by atoms with Crippen molar-refractivity contribution in [3.8, 4) is 22.8 Å². The summed E-state index contributed by atoms with van der Waals surface area (Å²) >= 11 is 0. The quantitative estimate of drug-likeness (QED) is 0.255. The number of rotatable bonds is 2. The summed E-state index contributed by atoms with van der Waals surface area (Å²) in [6.45, 7) is 11.4. The highest BCUT2D eigenvalue weighted by atomic mass is 16.5. The maximum Gasteiger partial charge on any atom is 0.287 e. The monoisotopic (exact) mass is 451 g/mol. The summed E-state index contributed by atoms with van der Waals surface area (Å²) in [5.41, 5.74) is 8.96. The third-order valence-electron chi connectivity index (χ3n) is 7.83. The van der Waals surface area contributed by atoms with Crippen molar-refractivity contribution >= 4 is 21.7 Å². The molecule has 2 heterocycles. The predicted octanol–water partition coefficient (Wildman–Crippen LogP) is 7.85. The van der Waals surface area contributed by atoms with Gasteiger partial charge >= 0.3 is 0 Å². The smallest absolute Gasteiger partial charge is 0.287 e. The summed E-state index contributed by atoms with van der Waals surface area (Å²) in [5, 5.41) is 3.80. The standard InChI is InChI=1S/C31H35N2O/c1-18-11-12-22-23(13-18)19(2)27-29-28-25(32-17-33(29)6)14-21(20-9-7-8-10-20)15-26(28)34-30(27)24(22)16-31(3,4)5/h11-15,17,20H,7-10,16H2,1-6H3/q+1. The van der Waals surface area contributed by atoms with Crippen molar-refractivity contribution < 1.29 is 9.30 Å². The van der Waals surface area contributed by atoms with Crippen LogP contribution in [0, 0.1) is 19.3 Å². The second-order valence-corrected chi connectivity index (χ2v) is 11.8. The fourth-order valence-corrected chi connectivity index (χ4v) is 6.24. The van der Waals surface area contributed by atoms with E-state index >= 15 is 0 Å². The van der Waals surface area contributed by atoms with E-state index in [9.17, 15) is 0 Å². The van der Waals surface area contributed by atoms with E-state index in [2.05, 4.69) is 76.6 Å². The van der Waals surface area contributed by atoms with Crippen LogP contribution in [0.4, 0.5) is 0 Å². The lowest BCUT2D eigenvalue weighted by atomic mass is 9.81. The fourth-order valence-electron chi connectivity index (χ4n) is 6.24. The summed E-state index contributed by atoms with van der Waals surface area (Å²) in [4.78, 5) is 4.86. The van der Waals surface area contributed by atoms with E-state index in [1.807, 2.05) is 6.33 Å². The molecular weight excluding hydrogens is 416 g/mol. The zero-order valence-corrected chi connectivity index (χ0v) is 21.4. The molecule has 1 aliphatic carbocycles. The number of aryl methyl sites for hydroxylation is 3. The molecule has 6 rings (SSSR count). The SMILES string of the molecule is Cc1ccc2c(CC(C)(C)C)c3c(c(C)c2c1)-c1c2c(cc(C4CCCC4)cc2nc[n+]1C)O3. The molecule has 1 aliphatic heterocycles. The van der Waals surface area contributed by atoms with Gasteiger partial charge in [-0.1, -0.05) is 57.4 Å². The van der Waals surface area contributed by atoms with Crippen molar-refractivity contribution in [1.82, 2.24) is 4.98 Å². The average molecular weight is 452 g/mol. The molecule has 0 unspecified atom stereocenters. The normalized spacial score (nSPS) is 15.7. The molecule has 0 radical (unpaired) electrons. The second-order valence-electron chi connectivity index (χ2n) is 11.8. The highest BCUT2D eigenvalue weighted by molar-refractivity contribution is 6.06. The number of hydrogen-bond acceptors (Lipinski definition) is 2. The molecule has 0 atom stereocenters. The molecule has 3 heteroatoms. The Hall–Kier alpha value is -2.94. The summed E-state index contributed by atoms with van der Waals surface area (Å²) in [6, 6.07) is 11.5. The highest BCUT2D eigenvalue weighted by Crippen LogP contribution is 2.52. The van der Waals surface area contributed by atoms with Crippen LogP contribution < -0.4 is 9.30 Å². The number of benzene rings is 3. The minimum atomic E-state index is 0.145. The number of fused-ring (bicyclic) bond motifs is 3. The van der Waals surface area contributed by atoms with Gasteiger partial charge < -0.3 is 4.74 Å². The minimum absolute atomic E-state index is 0.145. The van der Waals surface area contributed by atoms with Crippen LogP contribution in [0.3, 0.4) is 0 Å². The largest absolute Gasteiger partial charge is 0.455 e. The van der Waals surface area contributed by atoms with Crippen LogP contribution in [0.5, 0.6) is 11.5 Å². The van der Waals surface area contributed by atoms with Crippen LogP contribution in [0.15, 0.2) is 36.7 Å². The van der Waals surface area contributed by atoms with Crippen LogP contribution in [0.2, 0.25) is 0 Å². The van der Waals surface area contributed by atoms with Gasteiger partial charge in [-0.25, -0.2) is 4.57 Å². The molecule has 2 aliphatic rings. The lowest BCUT2D eigenvalue weighted by Gasteiger charge is -2.29. The predicted molar refractivity (Wildman–Crippen MR) is 140 cm³/mol. The maximum absolute atomic E-state index is 6.95. The van der Waals surface area contributed by atoms with Gasteiger partial charge in [0.1, 0.15) is 16.9 Å². The molecule has 0 bridgehead atoms. The van der Waals surface area contributed by atoms with Crippen molar-refractivity contribution in [3.05, 3.63) is 58.9 Å². The molecule has 3 nitrogen and oxygen atoms in total. The lowest BCUT2D eigenvalue weighted by molar-refractivity contribution is -0.662. The molecule has 1 saturated carbocycles. The molecule has 174 valence electrons. The third kappa shape index (κ3) is 3.32. The molecule has 34 heavy (non-hydrogen) atoms. The Morgan fingerprint density at radius 1 is 1.03 bits per heavy atom. The highest BCUT2D eigenvalue weighted by Gasteiger charge is 2.34. The van der Waals surface area contributed by atoms with Gasteiger partial charge in [-0.2, -0.15) is 0 Å². The van der Waals surface area contributed by atoms with E-state index in [-0.39, 0.29) is 5.41 Å². The number of hydrogen-bond donors (Lipinski definition) is 0. The van der Waals surface area contributed by atoms with Crippen LogP contribution in [-0.4, -0.2) is 4.98 Å². The van der Waals surface area contributed by atoms with Crippen molar-refractivity contribution in [2.24, 2.45) is 12.5 Å². The molecule has 0 N–H and O–H groups in total. The van der Waals surface area contributed by atoms with E-state index < -0.39 is 0 Å². The van der Waals surface area contributed by atoms with E-state index in [1.165, 1.54) is 70.0 Å². The van der Waals surface area contributed by atoms with Gasteiger partial charge in [-0.3, -0.25) is 0 Å². The zero-order valence-electron chi connectivity index (χ0n) is 21.4. The van der Waals surface area contributed by atoms with Gasteiger partial charge in [0.05, 0.1) is 12.6 Å². The van der Waals surface area contributed by atoms with Crippen LogP contribution in [0.1, 0.15) is 74.6 Å². The number of ether oxygens (including phenoxy) is 1. The fraction of sp³-hybridized carbons (Fsp3) is 0.419. The molecule has 0 saturated heterocycles. The third-order valence-corrected chi connectivity index (χ3v) is 7.83. The second kappa shape index (κ2) is 7.53. The molecule has 4 aromatic rings. The topological polar surface area (TPSA) is 26.0 Å². The Morgan fingerprint density at radius 3 is 2.53 bits per heavy atom. The van der Waals surface area contributed by atoms with E-state index in [0.717, 1.165) is 28.8 Å². The Kier molecular flexibility index (Phi) is 4.78. The summed E-state index contributed by atoms with van der Waals surface area (Å²) in [6.07, 6.45) is 8.14. The van der Waals surface area contributed by atoms with E-state index in [0.29, 0.717) is 5.92 Å². The average Bonchev–Trinajstić information content (AvgIpc) is 3.32. The molecular formula is C31H35N2O+. The zero-order chi connectivity index (χ0) is 23.8. The van der Waals surface area contributed by atoms with Crippen LogP contribution in [-0.2, 0) is 13.5 Å².